The van der Waals surface area contributed by atoms with Crippen molar-refractivity contribution in [3.05, 3.63) is 33.1 Å². The second kappa shape index (κ2) is 4.32. The van der Waals surface area contributed by atoms with Gasteiger partial charge in [-0.15, -0.1) is 0 Å². The van der Waals surface area contributed by atoms with E-state index in [1.807, 2.05) is 0 Å². The SMILES string of the molecule is O=C1C[C@@H]2[C@H](O1)[C@@H](CO)O[C@H]2n1ccc(=O)[nH]c1=O. The number of ether oxygens (including phenoxy) is 2. The Kier molecular flexibility index (Phi) is 2.76. The van der Waals surface area contributed by atoms with Crippen LogP contribution < -0.4 is 11.2 Å². The van der Waals surface area contributed by atoms with Crippen LogP contribution in [-0.2, 0) is 14.3 Å². The molecule has 0 saturated carbocycles. The fourth-order valence-electron chi connectivity index (χ4n) is 2.61. The Morgan fingerprint density at radius 1 is 1.42 bits per heavy atom. The zero-order valence-corrected chi connectivity index (χ0v) is 9.81. The maximum Gasteiger partial charge on any atom is 0.330 e. The predicted octanol–water partition coefficient (Wildman–Crippen LogP) is -1.64. The fraction of sp³-hybridized carbons (Fsp3) is 0.545. The number of aromatic nitrogens is 2. The maximum atomic E-state index is 11.7. The Balaban J connectivity index is 1.99. The van der Waals surface area contributed by atoms with E-state index >= 15 is 0 Å². The average Bonchev–Trinajstić information content (AvgIpc) is 2.87. The summed E-state index contributed by atoms with van der Waals surface area (Å²) in [6.45, 7) is -0.303. The van der Waals surface area contributed by atoms with Gasteiger partial charge in [-0.2, -0.15) is 0 Å². The van der Waals surface area contributed by atoms with Gasteiger partial charge in [0.05, 0.1) is 18.9 Å². The van der Waals surface area contributed by atoms with Crippen LogP contribution in [0, 0.1) is 5.92 Å². The molecule has 3 rings (SSSR count). The van der Waals surface area contributed by atoms with E-state index in [1.165, 1.54) is 16.8 Å². The van der Waals surface area contributed by atoms with Gasteiger partial charge >= 0.3 is 11.7 Å². The van der Waals surface area contributed by atoms with Crippen LogP contribution in [0.15, 0.2) is 21.9 Å². The molecule has 0 aromatic carbocycles. The van der Waals surface area contributed by atoms with Crippen molar-refractivity contribution in [2.24, 2.45) is 5.92 Å². The molecule has 4 atom stereocenters. The quantitative estimate of drug-likeness (QED) is 0.622. The third kappa shape index (κ3) is 1.89. The number of carbonyl (C=O) groups excluding carboxylic acids is 1. The van der Waals surface area contributed by atoms with E-state index in [0.717, 1.165) is 0 Å². The number of hydrogen-bond acceptors (Lipinski definition) is 6. The monoisotopic (exact) mass is 268 g/mol. The highest BCUT2D eigenvalue weighted by atomic mass is 16.6. The molecule has 2 N–H and O–H groups in total. The van der Waals surface area contributed by atoms with Crippen molar-refractivity contribution in [2.75, 3.05) is 6.61 Å². The molecule has 0 unspecified atom stereocenters. The van der Waals surface area contributed by atoms with Crippen molar-refractivity contribution in [1.29, 1.82) is 0 Å². The molecule has 19 heavy (non-hydrogen) atoms. The Morgan fingerprint density at radius 2 is 2.21 bits per heavy atom. The van der Waals surface area contributed by atoms with Gasteiger partial charge in [0, 0.05) is 12.3 Å². The molecule has 0 spiro atoms. The first kappa shape index (κ1) is 12.1. The van der Waals surface area contributed by atoms with Crippen molar-refractivity contribution in [2.45, 2.75) is 24.9 Å². The number of esters is 1. The molecule has 8 nitrogen and oxygen atoms in total. The lowest BCUT2D eigenvalue weighted by Gasteiger charge is -2.17. The van der Waals surface area contributed by atoms with Gasteiger partial charge in [-0.3, -0.25) is 19.1 Å². The number of nitrogens with one attached hydrogen (secondary N) is 1. The summed E-state index contributed by atoms with van der Waals surface area (Å²) in [5.41, 5.74) is -1.12. The van der Waals surface area contributed by atoms with Crippen LogP contribution in [0.2, 0.25) is 0 Å². The predicted molar refractivity (Wildman–Crippen MR) is 60.3 cm³/mol. The normalized spacial score (nSPS) is 33.2. The van der Waals surface area contributed by atoms with Gasteiger partial charge in [-0.25, -0.2) is 4.79 Å². The van der Waals surface area contributed by atoms with Gasteiger partial charge < -0.3 is 14.6 Å². The Bertz CT molecular complexity index is 620. The molecule has 0 bridgehead atoms. The van der Waals surface area contributed by atoms with E-state index in [0.29, 0.717) is 0 Å². The molecule has 0 aliphatic carbocycles. The summed E-state index contributed by atoms with van der Waals surface area (Å²) in [6, 6.07) is 1.20. The first-order chi connectivity index (χ1) is 9.10. The number of aliphatic hydroxyl groups is 1. The summed E-state index contributed by atoms with van der Waals surface area (Å²) in [5.74, 6) is -0.715. The van der Waals surface area contributed by atoms with Gasteiger partial charge in [0.1, 0.15) is 18.4 Å². The van der Waals surface area contributed by atoms with Crippen LogP contribution in [0.3, 0.4) is 0 Å². The van der Waals surface area contributed by atoms with Crippen molar-refractivity contribution >= 4 is 5.97 Å². The fourth-order valence-corrected chi connectivity index (χ4v) is 2.61. The van der Waals surface area contributed by atoms with Crippen LogP contribution in [0.5, 0.6) is 0 Å². The minimum absolute atomic E-state index is 0.122. The summed E-state index contributed by atoms with van der Waals surface area (Å²) in [4.78, 5) is 36.2. The van der Waals surface area contributed by atoms with Crippen molar-refractivity contribution < 1.29 is 19.4 Å². The molecule has 2 fully saturated rings. The number of fused-ring (bicyclic) bond motifs is 1. The van der Waals surface area contributed by atoms with Crippen LogP contribution in [0.25, 0.3) is 0 Å². The summed E-state index contributed by atoms with van der Waals surface area (Å²) in [5, 5.41) is 9.22. The summed E-state index contributed by atoms with van der Waals surface area (Å²) in [6.07, 6.45) is -0.498. The first-order valence-corrected chi connectivity index (χ1v) is 5.87. The summed E-state index contributed by atoms with van der Waals surface area (Å²) >= 11 is 0. The number of carbonyl (C=O) groups is 1. The van der Waals surface area contributed by atoms with Crippen LogP contribution in [-0.4, -0.2) is 39.4 Å². The number of H-pyrrole nitrogens is 1. The molecule has 0 radical (unpaired) electrons. The van der Waals surface area contributed by atoms with Crippen LogP contribution in [0.4, 0.5) is 0 Å². The van der Waals surface area contributed by atoms with Gasteiger partial charge in [0.15, 0.2) is 0 Å². The molecule has 8 heteroatoms. The van der Waals surface area contributed by atoms with Gasteiger partial charge in [0.2, 0.25) is 0 Å². The Hall–Kier alpha value is -1.93. The number of rotatable bonds is 2. The van der Waals surface area contributed by atoms with Gasteiger partial charge in [-0.05, 0) is 0 Å². The van der Waals surface area contributed by atoms with Gasteiger partial charge in [0.25, 0.3) is 5.56 Å². The molecular formula is C11H12N2O6. The smallest absolute Gasteiger partial charge is 0.330 e. The lowest BCUT2D eigenvalue weighted by Crippen LogP contribution is -2.33. The second-order valence-electron chi connectivity index (χ2n) is 4.59. The summed E-state index contributed by atoms with van der Waals surface area (Å²) < 4.78 is 11.8. The van der Waals surface area contributed by atoms with E-state index in [1.54, 1.807) is 0 Å². The number of aromatic amines is 1. The molecule has 2 aliphatic rings. The van der Waals surface area contributed by atoms with E-state index in [2.05, 4.69) is 4.98 Å². The van der Waals surface area contributed by atoms with E-state index in [9.17, 15) is 19.5 Å². The zero-order chi connectivity index (χ0) is 13.6. The average molecular weight is 268 g/mol. The molecule has 2 aliphatic heterocycles. The zero-order valence-electron chi connectivity index (χ0n) is 9.81. The highest BCUT2D eigenvalue weighted by molar-refractivity contribution is 5.72. The van der Waals surface area contributed by atoms with Crippen LogP contribution in [0.1, 0.15) is 12.6 Å². The standard InChI is InChI=1S/C11H12N2O6/c14-4-6-9-5(3-8(16)19-9)10(18-6)13-2-1-7(15)12-11(13)17/h1-2,5-6,9-10,14H,3-4H2,(H,12,15,17)/t5-,6-,9+,10-/m1/s1. The van der Waals surface area contributed by atoms with E-state index < -0.39 is 29.7 Å². The lowest BCUT2D eigenvalue weighted by atomic mass is 9.99. The lowest BCUT2D eigenvalue weighted by molar-refractivity contribution is -0.147. The van der Waals surface area contributed by atoms with E-state index in [4.69, 9.17) is 9.47 Å². The molecule has 1 aromatic rings. The molecular weight excluding hydrogens is 256 g/mol. The molecule has 102 valence electrons. The van der Waals surface area contributed by atoms with Crippen molar-refractivity contribution in [3.8, 4) is 0 Å². The van der Waals surface area contributed by atoms with E-state index in [-0.39, 0.29) is 24.9 Å². The third-order valence-electron chi connectivity index (χ3n) is 3.44. The minimum Gasteiger partial charge on any atom is -0.459 e. The molecule has 1 aromatic heterocycles. The topological polar surface area (TPSA) is 111 Å². The number of hydrogen-bond donors (Lipinski definition) is 2. The molecule has 0 amide bonds. The third-order valence-corrected chi connectivity index (χ3v) is 3.44. The first-order valence-electron chi connectivity index (χ1n) is 5.87. The number of aliphatic hydroxyl groups excluding tert-OH is 1. The molecule has 2 saturated heterocycles. The summed E-state index contributed by atoms with van der Waals surface area (Å²) in [7, 11) is 0. The van der Waals surface area contributed by atoms with Crippen molar-refractivity contribution in [1.82, 2.24) is 9.55 Å². The number of nitrogens with zero attached hydrogens (tertiary/aromatic N) is 1. The van der Waals surface area contributed by atoms with Gasteiger partial charge in [-0.1, -0.05) is 0 Å². The van der Waals surface area contributed by atoms with Crippen molar-refractivity contribution in [3.63, 3.8) is 0 Å². The molecule has 3 heterocycles. The van der Waals surface area contributed by atoms with Crippen LogP contribution >= 0.6 is 0 Å². The second-order valence-corrected chi connectivity index (χ2v) is 4.59. The minimum atomic E-state index is -0.724. The highest BCUT2D eigenvalue weighted by Gasteiger charge is 2.52. The Morgan fingerprint density at radius 3 is 2.89 bits per heavy atom. The maximum absolute atomic E-state index is 11.7. The highest BCUT2D eigenvalue weighted by Crippen LogP contribution is 2.42. The largest absolute Gasteiger partial charge is 0.459 e. The Labute approximate surface area is 106 Å².